The van der Waals surface area contributed by atoms with Crippen molar-refractivity contribution in [3.63, 3.8) is 0 Å². The van der Waals surface area contributed by atoms with Crippen LogP contribution in [0, 0.1) is 17.5 Å². The number of hydrogen-bond acceptors (Lipinski definition) is 2. The summed E-state index contributed by atoms with van der Waals surface area (Å²) in [5.74, 6) is -4.68. The minimum absolute atomic E-state index is 0.0192. The summed E-state index contributed by atoms with van der Waals surface area (Å²) in [5, 5.41) is 2.25. The molecule has 3 aromatic rings. The third-order valence-corrected chi connectivity index (χ3v) is 3.30. The van der Waals surface area contributed by atoms with E-state index in [1.165, 1.54) is 18.3 Å². The smallest absolute Gasteiger partial charge is 0.297 e. The highest BCUT2D eigenvalue weighted by atomic mass is 19.1. The van der Waals surface area contributed by atoms with Crippen LogP contribution in [0.1, 0.15) is 10.4 Å². The van der Waals surface area contributed by atoms with Gasteiger partial charge in [0, 0.05) is 17.1 Å². The second-order valence-corrected chi connectivity index (χ2v) is 4.77. The first-order valence-corrected chi connectivity index (χ1v) is 6.53. The molecule has 3 rings (SSSR count). The first kappa shape index (κ1) is 14.8. The minimum atomic E-state index is -1.20. The zero-order valence-corrected chi connectivity index (χ0v) is 11.5. The van der Waals surface area contributed by atoms with Crippen molar-refractivity contribution in [2.75, 3.05) is 5.32 Å². The molecule has 23 heavy (non-hydrogen) atoms. The lowest BCUT2D eigenvalue weighted by Crippen LogP contribution is -2.23. The van der Waals surface area contributed by atoms with Gasteiger partial charge in [-0.05, 0) is 30.3 Å². The standard InChI is InChI=1S/C16H9F3N2O2/c17-8-4-5-9-10(7-20-13(9)6-8)15(22)16(23)21-14-11(18)2-1-3-12(14)19/h1-7,20H,(H,21,23). The second kappa shape index (κ2) is 5.60. The summed E-state index contributed by atoms with van der Waals surface area (Å²) in [5.41, 5.74) is -0.385. The van der Waals surface area contributed by atoms with E-state index in [1.54, 1.807) is 0 Å². The van der Waals surface area contributed by atoms with Crippen molar-refractivity contribution in [2.45, 2.75) is 0 Å². The molecular formula is C16H9F3N2O2. The maximum absolute atomic E-state index is 13.5. The van der Waals surface area contributed by atoms with E-state index >= 15 is 0 Å². The number of Topliss-reactive ketones (excluding diaryl/α,β-unsaturated/α-hetero) is 1. The number of ketones is 1. The Labute approximate surface area is 127 Å². The fourth-order valence-electron chi connectivity index (χ4n) is 2.20. The summed E-state index contributed by atoms with van der Waals surface area (Å²) < 4.78 is 40.1. The van der Waals surface area contributed by atoms with Crippen LogP contribution in [0.2, 0.25) is 0 Å². The largest absolute Gasteiger partial charge is 0.360 e. The van der Waals surface area contributed by atoms with Gasteiger partial charge >= 0.3 is 0 Å². The van der Waals surface area contributed by atoms with E-state index in [-0.39, 0.29) is 5.56 Å². The van der Waals surface area contributed by atoms with Crippen LogP contribution in [0.4, 0.5) is 18.9 Å². The van der Waals surface area contributed by atoms with Gasteiger partial charge in [-0.2, -0.15) is 0 Å². The molecule has 0 saturated heterocycles. The predicted octanol–water partition coefficient (Wildman–Crippen LogP) is 3.41. The number of nitrogens with one attached hydrogen (secondary N) is 2. The summed E-state index contributed by atoms with van der Waals surface area (Å²) in [6, 6.07) is 6.69. The number of benzene rings is 2. The molecule has 0 unspecified atom stereocenters. The number of carbonyl (C=O) groups excluding carboxylic acids is 2. The lowest BCUT2D eigenvalue weighted by atomic mass is 10.1. The number of halogens is 3. The molecule has 0 spiro atoms. The summed E-state index contributed by atoms with van der Waals surface area (Å²) in [6.07, 6.45) is 1.24. The summed E-state index contributed by atoms with van der Waals surface area (Å²) in [4.78, 5) is 26.8. The highest BCUT2D eigenvalue weighted by Gasteiger charge is 2.22. The number of rotatable bonds is 3. The average molecular weight is 318 g/mol. The molecule has 0 bridgehead atoms. The van der Waals surface area contributed by atoms with Crippen molar-refractivity contribution in [1.29, 1.82) is 0 Å². The van der Waals surface area contributed by atoms with Crippen molar-refractivity contribution in [2.24, 2.45) is 0 Å². The SMILES string of the molecule is O=C(Nc1c(F)cccc1F)C(=O)c1c[nH]c2cc(F)ccc12. The molecule has 4 nitrogen and oxygen atoms in total. The topological polar surface area (TPSA) is 62.0 Å². The molecule has 0 aliphatic rings. The normalized spacial score (nSPS) is 10.7. The first-order chi connectivity index (χ1) is 11.0. The van der Waals surface area contributed by atoms with Gasteiger partial charge in [0.15, 0.2) is 0 Å². The van der Waals surface area contributed by atoms with Gasteiger partial charge in [-0.15, -0.1) is 0 Å². The molecule has 0 atom stereocenters. The first-order valence-electron chi connectivity index (χ1n) is 6.53. The van der Waals surface area contributed by atoms with Crippen LogP contribution in [0.15, 0.2) is 42.6 Å². The third kappa shape index (κ3) is 2.68. The number of amides is 1. The van der Waals surface area contributed by atoms with Crippen LogP contribution in [0.25, 0.3) is 10.9 Å². The Morgan fingerprint density at radius 2 is 1.70 bits per heavy atom. The molecule has 0 fully saturated rings. The van der Waals surface area contributed by atoms with Crippen molar-refractivity contribution >= 4 is 28.3 Å². The number of hydrogen-bond donors (Lipinski definition) is 2. The van der Waals surface area contributed by atoms with Crippen LogP contribution in [-0.4, -0.2) is 16.7 Å². The molecule has 1 amide bonds. The lowest BCUT2D eigenvalue weighted by Gasteiger charge is -2.06. The van der Waals surface area contributed by atoms with E-state index in [0.29, 0.717) is 10.9 Å². The minimum Gasteiger partial charge on any atom is -0.360 e. The fraction of sp³-hybridized carbons (Fsp3) is 0. The van der Waals surface area contributed by atoms with E-state index in [4.69, 9.17) is 0 Å². The van der Waals surface area contributed by atoms with Crippen LogP contribution in [0.3, 0.4) is 0 Å². The Morgan fingerprint density at radius 3 is 2.39 bits per heavy atom. The molecule has 7 heteroatoms. The predicted molar refractivity (Wildman–Crippen MR) is 77.6 cm³/mol. The van der Waals surface area contributed by atoms with Crippen LogP contribution in [0.5, 0.6) is 0 Å². The van der Waals surface area contributed by atoms with Gasteiger partial charge in [0.25, 0.3) is 11.7 Å². The average Bonchev–Trinajstić information content (AvgIpc) is 2.93. The van der Waals surface area contributed by atoms with Crippen molar-refractivity contribution in [3.05, 3.63) is 65.6 Å². The highest BCUT2D eigenvalue weighted by Crippen LogP contribution is 2.22. The van der Waals surface area contributed by atoms with Gasteiger partial charge in [0.1, 0.15) is 23.1 Å². The molecule has 0 aliphatic heterocycles. The lowest BCUT2D eigenvalue weighted by molar-refractivity contribution is -0.112. The maximum Gasteiger partial charge on any atom is 0.297 e. The van der Waals surface area contributed by atoms with Crippen LogP contribution >= 0.6 is 0 Å². The number of fused-ring (bicyclic) bond motifs is 1. The van der Waals surface area contributed by atoms with E-state index in [2.05, 4.69) is 4.98 Å². The molecule has 2 N–H and O–H groups in total. The Morgan fingerprint density at radius 1 is 1.00 bits per heavy atom. The molecule has 0 saturated carbocycles. The van der Waals surface area contributed by atoms with E-state index in [9.17, 15) is 22.8 Å². The van der Waals surface area contributed by atoms with Gasteiger partial charge in [-0.25, -0.2) is 13.2 Å². The molecule has 0 aliphatic carbocycles. The molecule has 1 heterocycles. The summed E-state index contributed by atoms with van der Waals surface area (Å²) in [7, 11) is 0. The molecule has 0 radical (unpaired) electrons. The maximum atomic E-state index is 13.5. The molecule has 2 aromatic carbocycles. The number of para-hydroxylation sites is 1. The third-order valence-electron chi connectivity index (χ3n) is 3.30. The van der Waals surface area contributed by atoms with Gasteiger partial charge in [-0.3, -0.25) is 9.59 Å². The van der Waals surface area contributed by atoms with E-state index in [1.807, 2.05) is 5.32 Å². The second-order valence-electron chi connectivity index (χ2n) is 4.77. The van der Waals surface area contributed by atoms with Crippen LogP contribution < -0.4 is 5.32 Å². The summed E-state index contributed by atoms with van der Waals surface area (Å²) >= 11 is 0. The van der Waals surface area contributed by atoms with Crippen molar-refractivity contribution < 1.29 is 22.8 Å². The number of H-pyrrole nitrogens is 1. The number of aromatic amines is 1. The monoisotopic (exact) mass is 318 g/mol. The number of anilines is 1. The quantitative estimate of drug-likeness (QED) is 0.574. The van der Waals surface area contributed by atoms with Gasteiger partial charge in [0.2, 0.25) is 0 Å². The molecular weight excluding hydrogens is 309 g/mol. The Kier molecular flexibility index (Phi) is 3.61. The highest BCUT2D eigenvalue weighted by molar-refractivity contribution is 6.48. The zero-order valence-electron chi connectivity index (χ0n) is 11.5. The van der Waals surface area contributed by atoms with Crippen molar-refractivity contribution in [3.8, 4) is 0 Å². The van der Waals surface area contributed by atoms with Gasteiger partial charge < -0.3 is 10.3 Å². The van der Waals surface area contributed by atoms with Gasteiger partial charge in [0.05, 0.1) is 5.56 Å². The fourth-order valence-corrected chi connectivity index (χ4v) is 2.20. The van der Waals surface area contributed by atoms with Crippen LogP contribution in [-0.2, 0) is 4.79 Å². The molecule has 116 valence electrons. The Bertz CT molecular complexity index is 914. The van der Waals surface area contributed by atoms with Gasteiger partial charge in [-0.1, -0.05) is 6.07 Å². The van der Waals surface area contributed by atoms with E-state index in [0.717, 1.165) is 24.3 Å². The van der Waals surface area contributed by atoms with Crippen molar-refractivity contribution in [1.82, 2.24) is 4.98 Å². The number of aromatic nitrogens is 1. The zero-order chi connectivity index (χ0) is 16.6. The molecule has 1 aromatic heterocycles. The van der Waals surface area contributed by atoms with E-state index < -0.39 is 34.8 Å². The Balaban J connectivity index is 1.91. The Hall–Kier alpha value is -3.09. The summed E-state index contributed by atoms with van der Waals surface area (Å²) in [6.45, 7) is 0. The number of carbonyl (C=O) groups is 2.